The summed E-state index contributed by atoms with van der Waals surface area (Å²) in [6, 6.07) is 0.616. The van der Waals surface area contributed by atoms with Gasteiger partial charge in [0.25, 0.3) is 0 Å². The molecular formula is C15H30N2O. The molecule has 1 heterocycles. The summed E-state index contributed by atoms with van der Waals surface area (Å²) in [5, 5.41) is 3.51. The minimum absolute atomic E-state index is 0.379. The molecule has 0 spiro atoms. The predicted octanol–water partition coefficient (Wildman–Crippen LogP) is 2.95. The summed E-state index contributed by atoms with van der Waals surface area (Å²) >= 11 is 0. The monoisotopic (exact) mass is 254 g/mol. The maximum Gasteiger partial charge on any atom is 0.222 e. The second-order valence-corrected chi connectivity index (χ2v) is 5.54. The van der Waals surface area contributed by atoms with Gasteiger partial charge in [-0.2, -0.15) is 0 Å². The predicted molar refractivity (Wildman–Crippen MR) is 76.7 cm³/mol. The molecule has 1 fully saturated rings. The first kappa shape index (κ1) is 15.5. The van der Waals surface area contributed by atoms with E-state index in [4.69, 9.17) is 0 Å². The molecule has 1 unspecified atom stereocenters. The average molecular weight is 254 g/mol. The molecule has 1 aliphatic rings. The molecular weight excluding hydrogens is 224 g/mol. The van der Waals surface area contributed by atoms with E-state index in [9.17, 15) is 4.79 Å². The van der Waals surface area contributed by atoms with Gasteiger partial charge in [-0.05, 0) is 45.6 Å². The Morgan fingerprint density at radius 1 is 1.28 bits per heavy atom. The highest BCUT2D eigenvalue weighted by molar-refractivity contribution is 5.76. The highest BCUT2D eigenvalue weighted by Gasteiger charge is 2.15. The van der Waals surface area contributed by atoms with Gasteiger partial charge in [-0.3, -0.25) is 4.79 Å². The number of carbonyl (C=O) groups is 1. The standard InChI is InChI=1S/C15H30N2O/c1-3-11-16-14(2)9-6-8-13-17-12-7-4-5-10-15(17)18/h14,16H,3-13H2,1-2H3. The van der Waals surface area contributed by atoms with E-state index < -0.39 is 0 Å². The van der Waals surface area contributed by atoms with E-state index in [1.165, 1.54) is 32.1 Å². The Kier molecular flexibility index (Phi) is 8.06. The fourth-order valence-electron chi connectivity index (χ4n) is 2.52. The van der Waals surface area contributed by atoms with E-state index >= 15 is 0 Å². The van der Waals surface area contributed by atoms with Gasteiger partial charge in [0.15, 0.2) is 0 Å². The van der Waals surface area contributed by atoms with Crippen LogP contribution in [0.5, 0.6) is 0 Å². The molecule has 0 saturated carbocycles. The van der Waals surface area contributed by atoms with Crippen molar-refractivity contribution in [3.05, 3.63) is 0 Å². The SMILES string of the molecule is CCCNC(C)CCCCN1CCCCCC1=O. The van der Waals surface area contributed by atoms with Gasteiger partial charge in [-0.25, -0.2) is 0 Å². The molecule has 0 aliphatic carbocycles. The van der Waals surface area contributed by atoms with Gasteiger partial charge in [0.1, 0.15) is 0 Å². The zero-order chi connectivity index (χ0) is 13.2. The fourth-order valence-corrected chi connectivity index (χ4v) is 2.52. The quantitative estimate of drug-likeness (QED) is 0.675. The molecule has 1 saturated heterocycles. The molecule has 3 nitrogen and oxygen atoms in total. The molecule has 1 atom stereocenters. The van der Waals surface area contributed by atoms with Gasteiger partial charge in [-0.1, -0.05) is 19.8 Å². The molecule has 18 heavy (non-hydrogen) atoms. The minimum atomic E-state index is 0.379. The lowest BCUT2D eigenvalue weighted by Crippen LogP contribution is -2.31. The maximum absolute atomic E-state index is 11.8. The van der Waals surface area contributed by atoms with Crippen LogP contribution in [-0.2, 0) is 4.79 Å². The van der Waals surface area contributed by atoms with E-state index in [0.29, 0.717) is 11.9 Å². The highest BCUT2D eigenvalue weighted by atomic mass is 16.2. The van der Waals surface area contributed by atoms with E-state index in [0.717, 1.165) is 38.9 Å². The van der Waals surface area contributed by atoms with Gasteiger partial charge < -0.3 is 10.2 Å². The zero-order valence-electron chi connectivity index (χ0n) is 12.2. The Balaban J connectivity index is 2.07. The number of hydrogen-bond acceptors (Lipinski definition) is 2. The first-order chi connectivity index (χ1) is 8.74. The molecule has 0 aromatic heterocycles. The Morgan fingerprint density at radius 3 is 2.89 bits per heavy atom. The second-order valence-electron chi connectivity index (χ2n) is 5.54. The summed E-state index contributed by atoms with van der Waals surface area (Å²) < 4.78 is 0. The molecule has 3 heteroatoms. The van der Waals surface area contributed by atoms with Crippen LogP contribution >= 0.6 is 0 Å². The third kappa shape index (κ3) is 6.39. The van der Waals surface area contributed by atoms with Crippen LogP contribution in [0.1, 0.15) is 65.2 Å². The summed E-state index contributed by atoms with van der Waals surface area (Å²) in [4.78, 5) is 13.9. The van der Waals surface area contributed by atoms with Crippen molar-refractivity contribution in [2.75, 3.05) is 19.6 Å². The largest absolute Gasteiger partial charge is 0.343 e. The van der Waals surface area contributed by atoms with Gasteiger partial charge in [0, 0.05) is 25.6 Å². The first-order valence-electron chi connectivity index (χ1n) is 7.75. The van der Waals surface area contributed by atoms with Crippen molar-refractivity contribution in [2.24, 2.45) is 0 Å². The Hall–Kier alpha value is -0.570. The van der Waals surface area contributed by atoms with Crippen LogP contribution in [0, 0.1) is 0 Å². The molecule has 1 rings (SSSR count). The van der Waals surface area contributed by atoms with Gasteiger partial charge in [-0.15, -0.1) is 0 Å². The lowest BCUT2D eigenvalue weighted by Gasteiger charge is -2.21. The molecule has 0 aromatic rings. The van der Waals surface area contributed by atoms with Crippen molar-refractivity contribution >= 4 is 5.91 Å². The van der Waals surface area contributed by atoms with E-state index in [2.05, 4.69) is 24.1 Å². The number of hydrogen-bond donors (Lipinski definition) is 1. The molecule has 0 bridgehead atoms. The fraction of sp³-hybridized carbons (Fsp3) is 0.933. The van der Waals surface area contributed by atoms with Crippen LogP contribution in [0.2, 0.25) is 0 Å². The summed E-state index contributed by atoms with van der Waals surface area (Å²) in [5.41, 5.74) is 0. The summed E-state index contributed by atoms with van der Waals surface area (Å²) in [6.45, 7) is 7.53. The van der Waals surface area contributed by atoms with Crippen molar-refractivity contribution in [1.82, 2.24) is 10.2 Å². The smallest absolute Gasteiger partial charge is 0.222 e. The molecule has 106 valence electrons. The summed E-state index contributed by atoms with van der Waals surface area (Å²) in [6.07, 6.45) is 9.09. The number of unbranched alkanes of at least 4 members (excludes halogenated alkanes) is 1. The third-order valence-corrected chi connectivity index (χ3v) is 3.73. The molecule has 1 N–H and O–H groups in total. The summed E-state index contributed by atoms with van der Waals surface area (Å²) in [7, 11) is 0. The van der Waals surface area contributed by atoms with Crippen LogP contribution in [0.25, 0.3) is 0 Å². The van der Waals surface area contributed by atoms with Gasteiger partial charge >= 0.3 is 0 Å². The number of nitrogens with one attached hydrogen (secondary N) is 1. The van der Waals surface area contributed by atoms with Crippen LogP contribution < -0.4 is 5.32 Å². The lowest BCUT2D eigenvalue weighted by molar-refractivity contribution is -0.130. The number of nitrogens with zero attached hydrogens (tertiary/aromatic N) is 1. The topological polar surface area (TPSA) is 32.3 Å². The van der Waals surface area contributed by atoms with Crippen LogP contribution in [-0.4, -0.2) is 36.5 Å². The van der Waals surface area contributed by atoms with E-state index in [1.807, 2.05) is 0 Å². The molecule has 0 aromatic carbocycles. The normalized spacial score (nSPS) is 18.8. The highest BCUT2D eigenvalue weighted by Crippen LogP contribution is 2.12. The van der Waals surface area contributed by atoms with Crippen molar-refractivity contribution < 1.29 is 4.79 Å². The zero-order valence-corrected chi connectivity index (χ0v) is 12.2. The van der Waals surface area contributed by atoms with Crippen molar-refractivity contribution in [3.63, 3.8) is 0 Å². The molecule has 1 aliphatic heterocycles. The van der Waals surface area contributed by atoms with E-state index in [1.54, 1.807) is 0 Å². The van der Waals surface area contributed by atoms with Gasteiger partial charge in [0.05, 0.1) is 0 Å². The third-order valence-electron chi connectivity index (χ3n) is 3.73. The van der Waals surface area contributed by atoms with Crippen LogP contribution in [0.3, 0.4) is 0 Å². The van der Waals surface area contributed by atoms with E-state index in [-0.39, 0.29) is 0 Å². The number of amides is 1. The Morgan fingerprint density at radius 2 is 2.11 bits per heavy atom. The van der Waals surface area contributed by atoms with Crippen molar-refractivity contribution in [1.29, 1.82) is 0 Å². The Bertz CT molecular complexity index is 231. The molecule has 0 radical (unpaired) electrons. The van der Waals surface area contributed by atoms with Crippen molar-refractivity contribution in [2.45, 2.75) is 71.3 Å². The van der Waals surface area contributed by atoms with Crippen LogP contribution in [0.4, 0.5) is 0 Å². The number of likely N-dealkylation sites (tertiary alicyclic amines) is 1. The van der Waals surface area contributed by atoms with Crippen molar-refractivity contribution in [3.8, 4) is 0 Å². The Labute approximate surface area is 112 Å². The number of carbonyl (C=O) groups excluding carboxylic acids is 1. The van der Waals surface area contributed by atoms with Crippen LogP contribution in [0.15, 0.2) is 0 Å². The maximum atomic E-state index is 11.8. The minimum Gasteiger partial charge on any atom is -0.343 e. The number of rotatable bonds is 8. The molecule has 1 amide bonds. The first-order valence-corrected chi connectivity index (χ1v) is 7.75. The van der Waals surface area contributed by atoms with Gasteiger partial charge in [0.2, 0.25) is 5.91 Å². The second kappa shape index (κ2) is 9.37. The average Bonchev–Trinajstić information content (AvgIpc) is 2.57. The summed E-state index contributed by atoms with van der Waals surface area (Å²) in [5.74, 6) is 0.379. The lowest BCUT2D eigenvalue weighted by atomic mass is 10.1.